The van der Waals surface area contributed by atoms with Crippen LogP contribution in [0.25, 0.3) is 0 Å². The number of aliphatic hydroxyl groups is 2. The SMILES string of the molecule is O=C([C@H]1OC(Nc2cc(=O)[nH]c(=O)[nH]2)[C@H](O)[C@@H]1O)[P+](O)(O)O. The molecule has 0 saturated carbocycles. The highest BCUT2D eigenvalue weighted by atomic mass is 31.2. The van der Waals surface area contributed by atoms with Gasteiger partial charge in [-0.05, 0) is 0 Å². The first-order valence-electron chi connectivity index (χ1n) is 5.83. The van der Waals surface area contributed by atoms with Gasteiger partial charge in [0.05, 0.1) is 0 Å². The lowest BCUT2D eigenvalue weighted by Crippen LogP contribution is -2.38. The summed E-state index contributed by atoms with van der Waals surface area (Å²) in [5.74, 6) is -0.170. The molecule has 0 spiro atoms. The lowest BCUT2D eigenvalue weighted by Gasteiger charge is -2.16. The van der Waals surface area contributed by atoms with Crippen molar-refractivity contribution in [3.8, 4) is 0 Å². The van der Waals surface area contributed by atoms with Crippen LogP contribution in [0.4, 0.5) is 5.82 Å². The van der Waals surface area contributed by atoms with Crippen molar-refractivity contribution in [3.05, 3.63) is 26.9 Å². The molecule has 4 atom stereocenters. The molecule has 122 valence electrons. The van der Waals surface area contributed by atoms with E-state index in [0.717, 1.165) is 6.07 Å². The van der Waals surface area contributed by atoms with Crippen molar-refractivity contribution in [2.75, 3.05) is 5.32 Å². The first-order valence-corrected chi connectivity index (χ1v) is 7.48. The Kier molecular flexibility index (Phi) is 4.44. The van der Waals surface area contributed by atoms with Gasteiger partial charge in [0, 0.05) is 6.07 Å². The van der Waals surface area contributed by atoms with E-state index in [1.165, 1.54) is 0 Å². The number of anilines is 1. The summed E-state index contributed by atoms with van der Waals surface area (Å²) in [6.07, 6.45) is -6.91. The van der Waals surface area contributed by atoms with Crippen molar-refractivity contribution in [2.45, 2.75) is 24.5 Å². The van der Waals surface area contributed by atoms with Crippen LogP contribution in [0, 0.1) is 0 Å². The molecule has 0 aliphatic carbocycles. The van der Waals surface area contributed by atoms with Crippen LogP contribution in [0.15, 0.2) is 15.7 Å². The standard InChI is InChI=1S/C9H12N3O9P/c13-3-1-2(11-9(17)12-3)10-7-5(15)4(14)6(21-7)8(16)22(18,19)20/h1,4-7,14-15,18-20H,(H2-,10,11,12,13,17)/p+1/t4-,5+,6-,7?/m0/s1. The third kappa shape index (κ3) is 3.39. The van der Waals surface area contributed by atoms with Gasteiger partial charge in [0.15, 0.2) is 12.3 Å². The van der Waals surface area contributed by atoms with Crippen LogP contribution in [0.1, 0.15) is 0 Å². The van der Waals surface area contributed by atoms with Crippen molar-refractivity contribution < 1.29 is 34.4 Å². The summed E-state index contributed by atoms with van der Waals surface area (Å²) in [4.78, 5) is 64.4. The van der Waals surface area contributed by atoms with Crippen LogP contribution < -0.4 is 16.6 Å². The lowest BCUT2D eigenvalue weighted by atomic mass is 10.1. The number of aromatic amines is 2. The van der Waals surface area contributed by atoms with Gasteiger partial charge >= 0.3 is 19.2 Å². The topological polar surface area (TPSA) is 205 Å². The maximum absolute atomic E-state index is 11.5. The van der Waals surface area contributed by atoms with E-state index in [4.69, 9.17) is 19.4 Å². The number of hydrogen-bond acceptors (Lipinski definition) is 10. The van der Waals surface area contributed by atoms with Gasteiger partial charge in [-0.25, -0.2) is 9.59 Å². The molecule has 1 aliphatic heterocycles. The second-order valence-electron chi connectivity index (χ2n) is 4.51. The second kappa shape index (κ2) is 5.85. The van der Waals surface area contributed by atoms with E-state index >= 15 is 0 Å². The quantitative estimate of drug-likeness (QED) is 0.251. The van der Waals surface area contributed by atoms with Crippen LogP contribution in [0.5, 0.6) is 0 Å². The van der Waals surface area contributed by atoms with Gasteiger partial charge in [0.25, 0.3) is 5.56 Å². The minimum Gasteiger partial charge on any atom is -0.387 e. The molecule has 0 aromatic carbocycles. The predicted octanol–water partition coefficient (Wildman–Crippen LogP) is -3.81. The average molecular weight is 338 g/mol. The predicted molar refractivity (Wildman–Crippen MR) is 70.6 cm³/mol. The first kappa shape index (κ1) is 16.7. The smallest absolute Gasteiger partial charge is 0.387 e. The molecule has 1 aliphatic rings. The monoisotopic (exact) mass is 338 g/mol. The minimum atomic E-state index is -4.92. The van der Waals surface area contributed by atoms with Gasteiger partial charge in [-0.15, -0.1) is 0 Å². The summed E-state index contributed by atoms with van der Waals surface area (Å²) in [5, 5.41) is 21.7. The molecular formula is C9H13N3O9P+. The number of aromatic nitrogens is 2. The number of H-pyrrole nitrogens is 2. The Morgan fingerprint density at radius 2 is 1.82 bits per heavy atom. The molecule has 0 amide bonds. The molecular weight excluding hydrogens is 325 g/mol. The van der Waals surface area contributed by atoms with Crippen LogP contribution >= 0.6 is 7.94 Å². The fourth-order valence-electron chi connectivity index (χ4n) is 1.87. The number of aliphatic hydroxyl groups excluding tert-OH is 2. The Balaban J connectivity index is 2.18. The highest BCUT2D eigenvalue weighted by molar-refractivity contribution is 7.76. The van der Waals surface area contributed by atoms with Crippen LogP contribution in [0.2, 0.25) is 0 Å². The van der Waals surface area contributed by atoms with E-state index in [1.807, 2.05) is 4.98 Å². The highest BCUT2D eigenvalue weighted by Gasteiger charge is 2.57. The summed E-state index contributed by atoms with van der Waals surface area (Å²) < 4.78 is 4.91. The van der Waals surface area contributed by atoms with Crippen molar-refractivity contribution in [3.63, 3.8) is 0 Å². The molecule has 13 heteroatoms. The number of nitrogens with one attached hydrogen (secondary N) is 3. The van der Waals surface area contributed by atoms with E-state index in [9.17, 15) is 24.6 Å². The van der Waals surface area contributed by atoms with Gasteiger partial charge in [0.1, 0.15) is 18.0 Å². The fourth-order valence-corrected chi connectivity index (χ4v) is 2.43. The molecule has 12 nitrogen and oxygen atoms in total. The molecule has 1 fully saturated rings. The Morgan fingerprint density at radius 1 is 1.18 bits per heavy atom. The van der Waals surface area contributed by atoms with E-state index in [0.29, 0.717) is 0 Å². The number of rotatable bonds is 4. The molecule has 0 radical (unpaired) electrons. The molecule has 1 aromatic heterocycles. The maximum atomic E-state index is 11.5. The third-order valence-corrected chi connectivity index (χ3v) is 3.71. The Hall–Kier alpha value is -1.66. The largest absolute Gasteiger partial charge is 0.481 e. The Bertz CT molecular complexity index is 652. The second-order valence-corrected chi connectivity index (χ2v) is 6.09. The van der Waals surface area contributed by atoms with Crippen molar-refractivity contribution in [2.24, 2.45) is 0 Å². The average Bonchev–Trinajstić information content (AvgIpc) is 2.64. The number of carbonyl (C=O) groups is 1. The number of ether oxygens (including phenoxy) is 1. The molecule has 2 heterocycles. The highest BCUT2D eigenvalue weighted by Crippen LogP contribution is 2.48. The molecule has 1 unspecified atom stereocenters. The summed E-state index contributed by atoms with van der Waals surface area (Å²) >= 11 is 0. The van der Waals surface area contributed by atoms with Crippen LogP contribution in [-0.2, 0) is 9.53 Å². The lowest BCUT2D eigenvalue weighted by molar-refractivity contribution is -0.127. The molecule has 8 N–H and O–H groups in total. The van der Waals surface area contributed by atoms with Crippen molar-refractivity contribution >= 4 is 19.3 Å². The van der Waals surface area contributed by atoms with Crippen molar-refractivity contribution in [1.29, 1.82) is 0 Å². The summed E-state index contributed by atoms with van der Waals surface area (Å²) in [6.45, 7) is 0. The summed E-state index contributed by atoms with van der Waals surface area (Å²) in [7, 11) is -4.92. The Labute approximate surface area is 121 Å². The zero-order valence-electron chi connectivity index (χ0n) is 10.7. The first-order chi connectivity index (χ1) is 10.1. The molecule has 1 aromatic rings. The molecule has 1 saturated heterocycles. The van der Waals surface area contributed by atoms with Gasteiger partial charge in [-0.2, -0.15) is 14.7 Å². The van der Waals surface area contributed by atoms with E-state index in [-0.39, 0.29) is 5.82 Å². The van der Waals surface area contributed by atoms with E-state index < -0.39 is 49.3 Å². The molecule has 22 heavy (non-hydrogen) atoms. The van der Waals surface area contributed by atoms with E-state index in [2.05, 4.69) is 10.3 Å². The minimum absolute atomic E-state index is 0.170. The summed E-state index contributed by atoms with van der Waals surface area (Å²) in [6, 6.07) is 0.917. The normalized spacial score (nSPS) is 28.6. The third-order valence-electron chi connectivity index (χ3n) is 2.86. The van der Waals surface area contributed by atoms with Gasteiger partial charge in [-0.1, -0.05) is 0 Å². The molecule has 0 bridgehead atoms. The van der Waals surface area contributed by atoms with Gasteiger partial charge in [0.2, 0.25) is 0 Å². The van der Waals surface area contributed by atoms with Gasteiger partial charge < -0.3 is 20.3 Å². The van der Waals surface area contributed by atoms with Crippen molar-refractivity contribution in [1.82, 2.24) is 9.97 Å². The zero-order chi connectivity index (χ0) is 16.7. The number of carbonyl (C=O) groups excluding carboxylic acids is 1. The van der Waals surface area contributed by atoms with Gasteiger partial charge in [-0.3, -0.25) is 14.8 Å². The number of hydrogen-bond donors (Lipinski definition) is 8. The van der Waals surface area contributed by atoms with E-state index in [1.54, 1.807) is 0 Å². The Morgan fingerprint density at radius 3 is 2.36 bits per heavy atom. The fraction of sp³-hybridized carbons (Fsp3) is 0.444. The summed E-state index contributed by atoms with van der Waals surface area (Å²) in [5.41, 5.74) is -3.18. The maximum Gasteiger partial charge on any atom is 0.481 e. The van der Waals surface area contributed by atoms with Crippen LogP contribution in [-0.4, -0.2) is 64.9 Å². The molecule has 2 rings (SSSR count). The zero-order valence-corrected chi connectivity index (χ0v) is 11.6. The van der Waals surface area contributed by atoms with Crippen LogP contribution in [0.3, 0.4) is 0 Å².